The van der Waals surface area contributed by atoms with Gasteiger partial charge in [-0.2, -0.15) is 0 Å². The second-order valence-corrected chi connectivity index (χ2v) is 4.59. The maximum absolute atomic E-state index is 10.7. The van der Waals surface area contributed by atoms with Gasteiger partial charge in [-0.3, -0.25) is 10.1 Å². The maximum Gasteiger partial charge on any atom is 0.427 e. The van der Waals surface area contributed by atoms with E-state index < -0.39 is 35.4 Å². The smallest absolute Gasteiger partial charge is 0.427 e. The second kappa shape index (κ2) is 5.20. The number of aliphatic hydroxyl groups is 1. The Morgan fingerprint density at radius 1 is 1.30 bits per heavy atom. The van der Waals surface area contributed by atoms with Crippen molar-refractivity contribution in [3.05, 3.63) is 58.0 Å². The van der Waals surface area contributed by atoms with Crippen LogP contribution in [0.3, 0.4) is 0 Å². The molecule has 0 spiro atoms. The van der Waals surface area contributed by atoms with E-state index in [9.17, 15) is 15.2 Å². The highest BCUT2D eigenvalue weighted by Crippen LogP contribution is 2.32. The van der Waals surface area contributed by atoms with E-state index in [-0.39, 0.29) is 6.61 Å². The van der Waals surface area contributed by atoms with Crippen molar-refractivity contribution in [1.82, 2.24) is 0 Å². The summed E-state index contributed by atoms with van der Waals surface area (Å²) in [6.07, 6.45) is -2.02. The van der Waals surface area contributed by atoms with Crippen molar-refractivity contribution in [1.29, 1.82) is 0 Å². The molecular formula is C13H13NO6. The van der Waals surface area contributed by atoms with Gasteiger partial charge in [-0.1, -0.05) is 30.3 Å². The second-order valence-electron chi connectivity index (χ2n) is 4.59. The maximum atomic E-state index is 10.7. The van der Waals surface area contributed by atoms with E-state index in [2.05, 4.69) is 0 Å². The molecular weight excluding hydrogens is 266 g/mol. The Bertz CT molecular complexity index is 531. The summed E-state index contributed by atoms with van der Waals surface area (Å²) in [6.45, 7) is 0.118. The van der Waals surface area contributed by atoms with Crippen molar-refractivity contribution < 1.29 is 24.2 Å². The van der Waals surface area contributed by atoms with Crippen molar-refractivity contribution >= 4 is 0 Å². The van der Waals surface area contributed by atoms with Gasteiger partial charge < -0.3 is 19.3 Å². The molecule has 0 amide bonds. The third-order valence-corrected chi connectivity index (χ3v) is 3.23. The van der Waals surface area contributed by atoms with E-state index in [1.54, 1.807) is 0 Å². The summed E-state index contributed by atoms with van der Waals surface area (Å²) in [5.74, 6) is -0.468. The Labute approximate surface area is 114 Å². The molecule has 106 valence electrons. The highest BCUT2D eigenvalue weighted by atomic mass is 16.7. The van der Waals surface area contributed by atoms with Gasteiger partial charge in [0, 0.05) is 5.56 Å². The van der Waals surface area contributed by atoms with Gasteiger partial charge in [-0.15, -0.1) is 0 Å². The van der Waals surface area contributed by atoms with Gasteiger partial charge in [-0.05, 0) is 0 Å². The predicted octanol–water partition coefficient (Wildman–Crippen LogP) is 0.978. The Hall–Kier alpha value is -1.96. The van der Waals surface area contributed by atoms with Crippen LogP contribution < -0.4 is 0 Å². The summed E-state index contributed by atoms with van der Waals surface area (Å²) in [5, 5.41) is 20.6. The number of aliphatic hydroxyl groups excluding tert-OH is 1. The van der Waals surface area contributed by atoms with Crippen molar-refractivity contribution in [2.75, 3.05) is 6.61 Å². The molecule has 0 saturated carbocycles. The Morgan fingerprint density at radius 3 is 2.75 bits per heavy atom. The molecule has 1 saturated heterocycles. The molecule has 0 aliphatic carbocycles. The SMILES string of the molecule is O=[N+]([O-])C1=C[C@H](O)[C@@H]2O[C@H](c3ccccc3)OC[C@H]2O1. The molecule has 4 atom stereocenters. The summed E-state index contributed by atoms with van der Waals surface area (Å²) in [5.41, 5.74) is 0.821. The lowest BCUT2D eigenvalue weighted by Crippen LogP contribution is -2.50. The first-order valence-electron chi connectivity index (χ1n) is 6.18. The number of hydrogen-bond acceptors (Lipinski definition) is 6. The third-order valence-electron chi connectivity index (χ3n) is 3.23. The Morgan fingerprint density at radius 2 is 2.05 bits per heavy atom. The van der Waals surface area contributed by atoms with Crippen LogP contribution >= 0.6 is 0 Å². The molecule has 7 heteroatoms. The van der Waals surface area contributed by atoms with Crippen molar-refractivity contribution in [3.8, 4) is 0 Å². The Balaban J connectivity index is 1.77. The largest absolute Gasteiger partial charge is 0.432 e. The molecule has 0 radical (unpaired) electrons. The molecule has 1 aromatic carbocycles. The van der Waals surface area contributed by atoms with E-state index in [1.807, 2.05) is 30.3 Å². The predicted molar refractivity (Wildman–Crippen MR) is 66.0 cm³/mol. The molecule has 0 unspecified atom stereocenters. The minimum absolute atomic E-state index is 0.118. The fourth-order valence-corrected chi connectivity index (χ4v) is 2.27. The molecule has 1 fully saturated rings. The van der Waals surface area contributed by atoms with Crippen LogP contribution in [0, 0.1) is 10.1 Å². The summed E-state index contributed by atoms with van der Waals surface area (Å²) >= 11 is 0. The topological polar surface area (TPSA) is 91.1 Å². The van der Waals surface area contributed by atoms with Gasteiger partial charge in [0.05, 0.1) is 12.7 Å². The molecule has 2 heterocycles. The molecule has 2 aliphatic rings. The summed E-state index contributed by atoms with van der Waals surface area (Å²) < 4.78 is 16.3. The highest BCUT2D eigenvalue weighted by molar-refractivity contribution is 5.17. The number of nitro groups is 1. The van der Waals surface area contributed by atoms with Crippen LogP contribution in [0.15, 0.2) is 42.3 Å². The lowest BCUT2D eigenvalue weighted by molar-refractivity contribution is -0.477. The standard InChI is InChI=1S/C13H13NO6/c15-9-6-11(14(16)17)19-10-7-18-13(20-12(9)10)8-4-2-1-3-5-8/h1-6,9-10,12-13,15H,7H2/t9-,10+,12-,13+/m0/s1. The molecule has 0 aromatic heterocycles. The van der Waals surface area contributed by atoms with Crippen LogP contribution in [-0.2, 0) is 14.2 Å². The monoisotopic (exact) mass is 279 g/mol. The molecule has 1 aromatic rings. The van der Waals surface area contributed by atoms with Crippen LogP contribution in [0.2, 0.25) is 0 Å². The number of nitrogens with zero attached hydrogens (tertiary/aromatic N) is 1. The normalized spacial score (nSPS) is 32.8. The zero-order valence-electron chi connectivity index (χ0n) is 10.4. The van der Waals surface area contributed by atoms with Crippen LogP contribution in [0.25, 0.3) is 0 Å². The number of benzene rings is 1. The Kier molecular flexibility index (Phi) is 3.39. The molecule has 0 bridgehead atoms. The third kappa shape index (κ3) is 2.38. The lowest BCUT2D eigenvalue weighted by Gasteiger charge is -2.39. The number of rotatable bonds is 2. The minimum Gasteiger partial charge on any atom is -0.432 e. The zero-order valence-corrected chi connectivity index (χ0v) is 10.4. The van der Waals surface area contributed by atoms with Gasteiger partial charge in [-0.25, -0.2) is 0 Å². The summed E-state index contributed by atoms with van der Waals surface area (Å²) in [4.78, 5) is 10.0. The molecule has 20 heavy (non-hydrogen) atoms. The van der Waals surface area contributed by atoms with Crippen LogP contribution in [-0.4, -0.2) is 34.9 Å². The quantitative estimate of drug-likeness (QED) is 0.641. The van der Waals surface area contributed by atoms with Gasteiger partial charge in [0.15, 0.2) is 12.4 Å². The molecule has 2 aliphatic heterocycles. The average Bonchev–Trinajstić information content (AvgIpc) is 2.47. The first-order valence-corrected chi connectivity index (χ1v) is 6.18. The van der Waals surface area contributed by atoms with Gasteiger partial charge in [0.1, 0.15) is 17.1 Å². The van der Waals surface area contributed by atoms with E-state index in [1.165, 1.54) is 0 Å². The van der Waals surface area contributed by atoms with E-state index in [0.717, 1.165) is 11.6 Å². The summed E-state index contributed by atoms with van der Waals surface area (Å²) in [7, 11) is 0. The first-order chi connectivity index (χ1) is 9.65. The van der Waals surface area contributed by atoms with Gasteiger partial charge in [0.2, 0.25) is 0 Å². The van der Waals surface area contributed by atoms with Crippen LogP contribution in [0.4, 0.5) is 0 Å². The molecule has 3 rings (SSSR count). The number of ether oxygens (including phenoxy) is 3. The van der Waals surface area contributed by atoms with E-state index in [0.29, 0.717) is 0 Å². The van der Waals surface area contributed by atoms with Gasteiger partial charge >= 0.3 is 5.88 Å². The fraction of sp³-hybridized carbons (Fsp3) is 0.385. The molecule has 7 nitrogen and oxygen atoms in total. The summed E-state index contributed by atoms with van der Waals surface area (Å²) in [6, 6.07) is 9.28. The van der Waals surface area contributed by atoms with Crippen LogP contribution in [0.1, 0.15) is 11.9 Å². The number of fused-ring (bicyclic) bond motifs is 1. The van der Waals surface area contributed by atoms with Gasteiger partial charge in [0.25, 0.3) is 0 Å². The van der Waals surface area contributed by atoms with Crippen molar-refractivity contribution in [2.45, 2.75) is 24.6 Å². The first kappa shape index (κ1) is 13.0. The van der Waals surface area contributed by atoms with E-state index >= 15 is 0 Å². The fourth-order valence-electron chi connectivity index (χ4n) is 2.27. The van der Waals surface area contributed by atoms with Crippen molar-refractivity contribution in [3.63, 3.8) is 0 Å². The zero-order chi connectivity index (χ0) is 14.1. The average molecular weight is 279 g/mol. The minimum atomic E-state index is -1.09. The van der Waals surface area contributed by atoms with Crippen molar-refractivity contribution in [2.24, 2.45) is 0 Å². The van der Waals surface area contributed by atoms with Crippen LogP contribution in [0.5, 0.6) is 0 Å². The lowest BCUT2D eigenvalue weighted by atomic mass is 10.0. The van der Waals surface area contributed by atoms with E-state index in [4.69, 9.17) is 14.2 Å². The number of hydrogen-bond donors (Lipinski definition) is 1. The highest BCUT2D eigenvalue weighted by Gasteiger charge is 2.44. The molecule has 1 N–H and O–H groups in total.